The van der Waals surface area contributed by atoms with Gasteiger partial charge in [-0.15, -0.1) is 11.3 Å². The van der Waals surface area contributed by atoms with Crippen molar-refractivity contribution >= 4 is 56.0 Å². The molecule has 1 atom stereocenters. The molecule has 1 aromatic carbocycles. The largest absolute Gasteiger partial charge is 0.361 e. The summed E-state index contributed by atoms with van der Waals surface area (Å²) in [6.45, 7) is 4.96. The molecule has 208 valence electrons. The molecule has 0 radical (unpaired) electrons. The van der Waals surface area contributed by atoms with Crippen LogP contribution in [0.3, 0.4) is 0 Å². The van der Waals surface area contributed by atoms with E-state index in [2.05, 4.69) is 5.16 Å². The van der Waals surface area contributed by atoms with Crippen LogP contribution in [0.15, 0.2) is 40.3 Å². The molecule has 1 unspecified atom stereocenters. The number of anilines is 1. The molecule has 9 nitrogen and oxygen atoms in total. The number of aromatic nitrogens is 1. The lowest BCUT2D eigenvalue weighted by Crippen LogP contribution is -2.44. The molecule has 39 heavy (non-hydrogen) atoms. The van der Waals surface area contributed by atoms with Crippen LogP contribution in [-0.2, 0) is 21.4 Å². The monoisotopic (exact) mass is 594 g/mol. The fraction of sp³-hybridized carbons (Fsp3) is 0.346. The normalized spacial score (nSPS) is 16.4. The summed E-state index contributed by atoms with van der Waals surface area (Å²) >= 11 is 7.27. The van der Waals surface area contributed by atoms with Gasteiger partial charge in [0.15, 0.2) is 0 Å². The van der Waals surface area contributed by atoms with Crippen molar-refractivity contribution in [1.82, 2.24) is 14.4 Å². The number of nitrogens with zero attached hydrogens (tertiary/aromatic N) is 4. The number of benzene rings is 1. The topological polar surface area (TPSA) is 104 Å². The summed E-state index contributed by atoms with van der Waals surface area (Å²) in [4.78, 5) is 29.1. The van der Waals surface area contributed by atoms with Crippen molar-refractivity contribution in [3.05, 3.63) is 73.4 Å². The lowest BCUT2D eigenvalue weighted by Gasteiger charge is -2.26. The van der Waals surface area contributed by atoms with E-state index in [1.807, 2.05) is 0 Å². The van der Waals surface area contributed by atoms with Gasteiger partial charge in [0.25, 0.3) is 5.91 Å². The number of thiophene rings is 1. The second-order valence-electron chi connectivity index (χ2n) is 9.46. The van der Waals surface area contributed by atoms with Crippen molar-refractivity contribution < 1.29 is 26.9 Å². The fourth-order valence-corrected chi connectivity index (χ4v) is 7.08. The van der Waals surface area contributed by atoms with E-state index >= 15 is 4.39 Å². The summed E-state index contributed by atoms with van der Waals surface area (Å²) in [5.74, 6) is -1.26. The van der Waals surface area contributed by atoms with Crippen LogP contribution in [-0.4, -0.2) is 61.3 Å². The average molecular weight is 595 g/mol. The standard InChI is InChI=1S/C26H28ClFN4O5S2/c1-15(23-8-9-24(27)38-23)14-39(35,36)32(13-19-16(2)29-37-17(19)3)22-10-11-31(26(22)34)21-7-6-18(12-20(21)28)25(33)30(4)5/h6-9,12,14,22H,10-11,13H2,1-5H3/b15-14+. The smallest absolute Gasteiger partial charge is 0.253 e. The SMILES string of the molecule is C/C(=C\S(=O)(=O)N(Cc1c(C)noc1C)C1CCN(c2ccc(C(=O)N(C)C)cc2F)C1=O)c1ccc(Cl)s1. The van der Waals surface area contributed by atoms with E-state index in [0.29, 0.717) is 31.8 Å². The third-order valence-corrected chi connectivity index (χ3v) is 9.58. The maximum atomic E-state index is 15.1. The molecule has 0 saturated carbocycles. The molecule has 1 aliphatic heterocycles. The third-order valence-electron chi connectivity index (χ3n) is 6.53. The Morgan fingerprint density at radius 3 is 2.56 bits per heavy atom. The molecular weight excluding hydrogens is 567 g/mol. The second kappa shape index (κ2) is 11.2. The zero-order chi connectivity index (χ0) is 28.6. The molecule has 2 aromatic heterocycles. The first-order valence-corrected chi connectivity index (χ1v) is 14.7. The number of halogens is 2. The van der Waals surface area contributed by atoms with Gasteiger partial charge in [-0.25, -0.2) is 12.8 Å². The van der Waals surface area contributed by atoms with Gasteiger partial charge in [0, 0.05) is 43.2 Å². The van der Waals surface area contributed by atoms with Crippen molar-refractivity contribution in [3.8, 4) is 0 Å². The van der Waals surface area contributed by atoms with Gasteiger partial charge in [0.2, 0.25) is 15.9 Å². The first kappa shape index (κ1) is 28.9. The molecule has 1 saturated heterocycles. The van der Waals surface area contributed by atoms with E-state index in [-0.39, 0.29) is 36.7 Å². The van der Waals surface area contributed by atoms with Crippen LogP contribution in [0, 0.1) is 19.7 Å². The second-order valence-corrected chi connectivity index (χ2v) is 12.9. The highest BCUT2D eigenvalue weighted by Crippen LogP contribution is 2.33. The van der Waals surface area contributed by atoms with Crippen LogP contribution in [0.25, 0.3) is 5.57 Å². The van der Waals surface area contributed by atoms with Crippen LogP contribution >= 0.6 is 22.9 Å². The molecule has 3 heterocycles. The zero-order valence-electron chi connectivity index (χ0n) is 22.1. The Morgan fingerprint density at radius 1 is 1.28 bits per heavy atom. The van der Waals surface area contributed by atoms with E-state index in [1.54, 1.807) is 47.0 Å². The molecule has 1 aliphatic rings. The van der Waals surface area contributed by atoms with Gasteiger partial charge in [-0.05, 0) is 63.1 Å². The first-order valence-electron chi connectivity index (χ1n) is 12.0. The van der Waals surface area contributed by atoms with E-state index in [0.717, 1.165) is 15.8 Å². The van der Waals surface area contributed by atoms with Gasteiger partial charge in [0.1, 0.15) is 17.6 Å². The Hall–Kier alpha value is -3.06. The summed E-state index contributed by atoms with van der Waals surface area (Å²) < 4.78 is 49.5. The molecule has 0 aliphatic carbocycles. The number of carbonyl (C=O) groups is 2. The summed E-state index contributed by atoms with van der Waals surface area (Å²) in [5, 5.41) is 5.03. The first-order chi connectivity index (χ1) is 18.3. The molecular formula is C26H28ClFN4O5S2. The lowest BCUT2D eigenvalue weighted by atomic mass is 10.1. The van der Waals surface area contributed by atoms with Gasteiger partial charge in [-0.3, -0.25) is 9.59 Å². The maximum Gasteiger partial charge on any atom is 0.253 e. The van der Waals surface area contributed by atoms with E-state index in [4.69, 9.17) is 16.1 Å². The Balaban J connectivity index is 1.70. The molecule has 3 aromatic rings. The van der Waals surface area contributed by atoms with Crippen molar-refractivity contribution in [2.24, 2.45) is 0 Å². The number of amides is 2. The number of allylic oxidation sites excluding steroid dienone is 1. The number of hydrogen-bond acceptors (Lipinski definition) is 7. The summed E-state index contributed by atoms with van der Waals surface area (Å²) in [7, 11) is -1.04. The van der Waals surface area contributed by atoms with E-state index in [9.17, 15) is 18.0 Å². The van der Waals surface area contributed by atoms with Gasteiger partial charge < -0.3 is 14.3 Å². The van der Waals surface area contributed by atoms with Crippen molar-refractivity contribution in [1.29, 1.82) is 0 Å². The Morgan fingerprint density at radius 2 is 2.00 bits per heavy atom. The molecule has 0 bridgehead atoms. The average Bonchev–Trinajstić information content (AvgIpc) is 3.56. The van der Waals surface area contributed by atoms with Crippen molar-refractivity contribution in [2.45, 2.75) is 39.8 Å². The minimum Gasteiger partial charge on any atom is -0.361 e. The highest BCUT2D eigenvalue weighted by molar-refractivity contribution is 7.92. The van der Waals surface area contributed by atoms with Gasteiger partial charge in [-0.2, -0.15) is 4.31 Å². The molecule has 1 fully saturated rings. The predicted molar refractivity (Wildman–Crippen MR) is 149 cm³/mol. The number of aryl methyl sites for hydroxylation is 2. The van der Waals surface area contributed by atoms with Crippen LogP contribution in [0.1, 0.15) is 45.6 Å². The molecule has 0 spiro atoms. The Bertz CT molecular complexity index is 1540. The maximum absolute atomic E-state index is 15.1. The van der Waals surface area contributed by atoms with Crippen LogP contribution in [0.4, 0.5) is 10.1 Å². The van der Waals surface area contributed by atoms with E-state index < -0.39 is 27.8 Å². The number of hydrogen-bond donors (Lipinski definition) is 0. The van der Waals surface area contributed by atoms with Gasteiger partial charge >= 0.3 is 0 Å². The van der Waals surface area contributed by atoms with Crippen molar-refractivity contribution in [3.63, 3.8) is 0 Å². The highest BCUT2D eigenvalue weighted by atomic mass is 35.5. The van der Waals surface area contributed by atoms with Crippen molar-refractivity contribution in [2.75, 3.05) is 25.5 Å². The molecule has 2 amide bonds. The van der Waals surface area contributed by atoms with Gasteiger partial charge in [-0.1, -0.05) is 16.8 Å². The fourth-order valence-electron chi connectivity index (χ4n) is 4.42. The zero-order valence-corrected chi connectivity index (χ0v) is 24.5. The predicted octanol–water partition coefficient (Wildman–Crippen LogP) is 4.85. The van der Waals surface area contributed by atoms with Crippen LogP contribution in [0.5, 0.6) is 0 Å². The Labute approximate surface area is 235 Å². The summed E-state index contributed by atoms with van der Waals surface area (Å²) in [6.07, 6.45) is 0.136. The van der Waals surface area contributed by atoms with E-state index in [1.165, 1.54) is 33.3 Å². The summed E-state index contributed by atoms with van der Waals surface area (Å²) in [5.41, 5.74) is 1.64. The van der Waals surface area contributed by atoms with Gasteiger partial charge in [0.05, 0.1) is 21.1 Å². The quantitative estimate of drug-likeness (QED) is 0.369. The molecule has 13 heteroatoms. The number of rotatable bonds is 8. The lowest BCUT2D eigenvalue weighted by molar-refractivity contribution is -0.120. The Kier molecular flexibility index (Phi) is 8.31. The minimum atomic E-state index is -4.16. The third kappa shape index (κ3) is 5.93. The molecule has 0 N–H and O–H groups in total. The number of carbonyl (C=O) groups excluding carboxylic acids is 2. The number of sulfonamides is 1. The van der Waals surface area contributed by atoms with Crippen LogP contribution in [0.2, 0.25) is 4.34 Å². The molecule has 4 rings (SSSR count). The van der Waals surface area contributed by atoms with Crippen LogP contribution < -0.4 is 4.90 Å². The minimum absolute atomic E-state index is 0.0209. The summed E-state index contributed by atoms with van der Waals surface area (Å²) in [6, 6.07) is 6.19. The highest BCUT2D eigenvalue weighted by Gasteiger charge is 2.42.